The van der Waals surface area contributed by atoms with Crippen LogP contribution in [0.1, 0.15) is 45.4 Å². The Morgan fingerprint density at radius 3 is 2.79 bits per heavy atom. The smallest absolute Gasteiger partial charge is 0.225 e. The van der Waals surface area contributed by atoms with Gasteiger partial charge < -0.3 is 11.1 Å². The minimum absolute atomic E-state index is 0.0169. The van der Waals surface area contributed by atoms with E-state index in [2.05, 4.69) is 10.4 Å². The van der Waals surface area contributed by atoms with Crippen LogP contribution >= 0.6 is 0 Å². The van der Waals surface area contributed by atoms with Gasteiger partial charge in [0.25, 0.3) is 0 Å². The number of carbonyl (C=O) groups excluding carboxylic acids is 1. The first-order valence-corrected chi connectivity index (χ1v) is 7.20. The molecule has 1 heterocycles. The zero-order chi connectivity index (χ0) is 13.7. The quantitative estimate of drug-likeness (QED) is 0.855. The van der Waals surface area contributed by atoms with E-state index >= 15 is 0 Å². The van der Waals surface area contributed by atoms with Gasteiger partial charge in [-0.3, -0.25) is 9.48 Å². The van der Waals surface area contributed by atoms with Crippen LogP contribution < -0.4 is 11.1 Å². The van der Waals surface area contributed by atoms with Crippen LogP contribution in [0.3, 0.4) is 0 Å². The highest BCUT2D eigenvalue weighted by Gasteiger charge is 2.32. The molecule has 0 aliphatic heterocycles. The molecule has 0 unspecified atom stereocenters. The van der Waals surface area contributed by atoms with E-state index in [4.69, 9.17) is 5.73 Å². The number of nitrogens with two attached hydrogens (primary N) is 1. The van der Waals surface area contributed by atoms with E-state index in [0.717, 1.165) is 25.1 Å². The molecule has 1 aliphatic carbocycles. The van der Waals surface area contributed by atoms with Crippen molar-refractivity contribution < 1.29 is 4.79 Å². The molecule has 5 heteroatoms. The van der Waals surface area contributed by atoms with Crippen molar-refractivity contribution in [3.05, 3.63) is 12.4 Å². The maximum atomic E-state index is 12.1. The molecule has 0 aromatic carbocycles. The molecule has 1 amide bonds. The Hall–Kier alpha value is -1.36. The summed E-state index contributed by atoms with van der Waals surface area (Å²) in [6.45, 7) is 3.43. The molecule has 0 saturated heterocycles. The molecule has 5 nitrogen and oxygen atoms in total. The number of aryl methyl sites for hydroxylation is 1. The highest BCUT2D eigenvalue weighted by atomic mass is 16.1. The first-order valence-electron chi connectivity index (χ1n) is 7.20. The molecule has 1 fully saturated rings. The van der Waals surface area contributed by atoms with Crippen molar-refractivity contribution in [2.75, 3.05) is 11.9 Å². The van der Waals surface area contributed by atoms with Gasteiger partial charge in [0, 0.05) is 19.2 Å². The monoisotopic (exact) mass is 264 g/mol. The number of nitrogens with one attached hydrogen (secondary N) is 1. The van der Waals surface area contributed by atoms with Crippen LogP contribution in [0.15, 0.2) is 12.4 Å². The van der Waals surface area contributed by atoms with E-state index in [1.165, 1.54) is 19.3 Å². The minimum Gasteiger partial charge on any atom is -0.330 e. The molecule has 106 valence electrons. The van der Waals surface area contributed by atoms with Crippen LogP contribution in [0.5, 0.6) is 0 Å². The predicted molar refractivity (Wildman–Crippen MR) is 75.7 cm³/mol. The van der Waals surface area contributed by atoms with Crippen LogP contribution in [0, 0.1) is 5.41 Å². The molecule has 0 spiro atoms. The molecule has 1 aromatic rings. The van der Waals surface area contributed by atoms with Crippen LogP contribution in [0.25, 0.3) is 0 Å². The Morgan fingerprint density at radius 1 is 1.47 bits per heavy atom. The fourth-order valence-corrected chi connectivity index (χ4v) is 2.90. The summed E-state index contributed by atoms with van der Waals surface area (Å²) in [7, 11) is 0. The van der Waals surface area contributed by atoms with Crippen molar-refractivity contribution in [1.29, 1.82) is 0 Å². The number of hydrogen-bond acceptors (Lipinski definition) is 3. The Balaban J connectivity index is 1.92. The second-order valence-electron chi connectivity index (χ2n) is 5.57. The van der Waals surface area contributed by atoms with Gasteiger partial charge in [0.2, 0.25) is 5.91 Å². The van der Waals surface area contributed by atoms with Crippen molar-refractivity contribution in [2.24, 2.45) is 11.1 Å². The van der Waals surface area contributed by atoms with Crippen LogP contribution in [0.2, 0.25) is 0 Å². The molecule has 19 heavy (non-hydrogen) atoms. The van der Waals surface area contributed by atoms with Gasteiger partial charge in [-0.1, -0.05) is 19.3 Å². The van der Waals surface area contributed by atoms with Crippen molar-refractivity contribution >= 4 is 11.6 Å². The molecule has 0 bridgehead atoms. The maximum absolute atomic E-state index is 12.1. The number of rotatable bonds is 5. The topological polar surface area (TPSA) is 72.9 Å². The molecule has 3 N–H and O–H groups in total. The number of anilines is 1. The van der Waals surface area contributed by atoms with Gasteiger partial charge in [0.1, 0.15) is 0 Å². The van der Waals surface area contributed by atoms with Gasteiger partial charge >= 0.3 is 0 Å². The third-order valence-corrected chi connectivity index (χ3v) is 4.12. The SMILES string of the molecule is CCn1cc(NC(=O)CC2(CN)CCCCC2)cn1. The van der Waals surface area contributed by atoms with Gasteiger partial charge in [0.05, 0.1) is 11.9 Å². The lowest BCUT2D eigenvalue weighted by Gasteiger charge is -2.35. The van der Waals surface area contributed by atoms with Gasteiger partial charge in [-0.25, -0.2) is 0 Å². The Labute approximate surface area is 114 Å². The summed E-state index contributed by atoms with van der Waals surface area (Å²) >= 11 is 0. The van der Waals surface area contributed by atoms with Crippen molar-refractivity contribution in [2.45, 2.75) is 52.0 Å². The van der Waals surface area contributed by atoms with E-state index in [1.807, 2.05) is 13.1 Å². The van der Waals surface area contributed by atoms with E-state index < -0.39 is 0 Å². The van der Waals surface area contributed by atoms with Crippen molar-refractivity contribution in [3.63, 3.8) is 0 Å². The summed E-state index contributed by atoms with van der Waals surface area (Å²) in [5.74, 6) is 0.0583. The molecule has 1 aromatic heterocycles. The van der Waals surface area contributed by atoms with Crippen molar-refractivity contribution in [1.82, 2.24) is 9.78 Å². The normalized spacial score (nSPS) is 18.2. The third-order valence-electron chi connectivity index (χ3n) is 4.12. The largest absolute Gasteiger partial charge is 0.330 e. The molecule has 1 aliphatic rings. The summed E-state index contributed by atoms with van der Waals surface area (Å²) < 4.78 is 1.80. The number of carbonyl (C=O) groups is 1. The summed E-state index contributed by atoms with van der Waals surface area (Å²) in [4.78, 5) is 12.1. The zero-order valence-electron chi connectivity index (χ0n) is 11.7. The van der Waals surface area contributed by atoms with E-state index in [0.29, 0.717) is 13.0 Å². The number of hydrogen-bond donors (Lipinski definition) is 2. The van der Waals surface area contributed by atoms with Gasteiger partial charge in [0.15, 0.2) is 0 Å². The molecule has 0 radical (unpaired) electrons. The molecular weight excluding hydrogens is 240 g/mol. The van der Waals surface area contributed by atoms with Gasteiger partial charge in [-0.15, -0.1) is 0 Å². The van der Waals surface area contributed by atoms with Gasteiger partial charge in [-0.05, 0) is 31.7 Å². The maximum Gasteiger partial charge on any atom is 0.225 e. The summed E-state index contributed by atoms with van der Waals surface area (Å²) in [6.07, 6.45) is 9.88. The van der Waals surface area contributed by atoms with Crippen LogP contribution in [-0.2, 0) is 11.3 Å². The van der Waals surface area contributed by atoms with Gasteiger partial charge in [-0.2, -0.15) is 5.10 Å². The van der Waals surface area contributed by atoms with Crippen molar-refractivity contribution in [3.8, 4) is 0 Å². The highest BCUT2D eigenvalue weighted by molar-refractivity contribution is 5.90. The van der Waals surface area contributed by atoms with E-state index in [1.54, 1.807) is 10.9 Å². The lowest BCUT2D eigenvalue weighted by atomic mass is 9.71. The standard InChI is InChI=1S/C14H24N4O/c1-2-18-10-12(9-16-18)17-13(19)8-14(11-15)6-4-3-5-7-14/h9-10H,2-8,11,15H2,1H3,(H,17,19). The predicted octanol–water partition coefficient (Wildman–Crippen LogP) is 2.14. The fraction of sp³-hybridized carbons (Fsp3) is 0.714. The summed E-state index contributed by atoms with van der Waals surface area (Å²) in [5.41, 5.74) is 6.70. The lowest BCUT2D eigenvalue weighted by Crippen LogP contribution is -2.36. The molecule has 0 atom stereocenters. The Morgan fingerprint density at radius 2 is 2.21 bits per heavy atom. The number of aromatic nitrogens is 2. The van der Waals surface area contributed by atoms with E-state index in [-0.39, 0.29) is 11.3 Å². The lowest BCUT2D eigenvalue weighted by molar-refractivity contribution is -0.118. The zero-order valence-corrected chi connectivity index (χ0v) is 11.7. The Kier molecular flexibility index (Phi) is 4.58. The second-order valence-corrected chi connectivity index (χ2v) is 5.57. The highest BCUT2D eigenvalue weighted by Crippen LogP contribution is 2.38. The number of amides is 1. The molecular formula is C14H24N4O. The Bertz CT molecular complexity index is 421. The summed E-state index contributed by atoms with van der Waals surface area (Å²) in [5, 5.41) is 7.07. The van der Waals surface area contributed by atoms with E-state index in [9.17, 15) is 4.79 Å². The second kappa shape index (κ2) is 6.19. The van der Waals surface area contributed by atoms with Crippen LogP contribution in [-0.4, -0.2) is 22.2 Å². The average molecular weight is 264 g/mol. The number of nitrogens with zero attached hydrogens (tertiary/aromatic N) is 2. The molecule has 2 rings (SSSR count). The van der Waals surface area contributed by atoms with Crippen LogP contribution in [0.4, 0.5) is 5.69 Å². The first kappa shape index (κ1) is 14.1. The molecule has 1 saturated carbocycles. The fourth-order valence-electron chi connectivity index (χ4n) is 2.90. The average Bonchev–Trinajstić information content (AvgIpc) is 2.87. The summed E-state index contributed by atoms with van der Waals surface area (Å²) in [6, 6.07) is 0. The first-order chi connectivity index (χ1) is 9.17. The third kappa shape index (κ3) is 3.56. The minimum atomic E-state index is 0.0169.